The number of aliphatic hydroxyl groups is 2. The van der Waals surface area contributed by atoms with Crippen molar-refractivity contribution in [3.05, 3.63) is 30.6 Å². The predicted molar refractivity (Wildman–Crippen MR) is 58.8 cm³/mol. The number of rotatable bonds is 5. The molecule has 1 aromatic carbocycles. The van der Waals surface area contributed by atoms with Gasteiger partial charge in [-0.25, -0.2) is 4.98 Å². The number of nitrogens with zero attached hydrogens (tertiary/aromatic N) is 2. The summed E-state index contributed by atoms with van der Waals surface area (Å²) >= 11 is 0. The summed E-state index contributed by atoms with van der Waals surface area (Å²) < 4.78 is 7.04. The van der Waals surface area contributed by atoms with Crippen LogP contribution >= 0.6 is 0 Å². The third-order valence-electron chi connectivity index (χ3n) is 2.27. The van der Waals surface area contributed by atoms with Gasteiger partial charge in [0.15, 0.2) is 6.29 Å². The van der Waals surface area contributed by atoms with Gasteiger partial charge in [0.2, 0.25) is 0 Å². The highest BCUT2D eigenvalue weighted by Crippen LogP contribution is 2.11. The SMILES string of the molecule is OC(O)COCCn1cnc2ccccc21. The van der Waals surface area contributed by atoms with E-state index in [0.717, 1.165) is 11.0 Å². The van der Waals surface area contributed by atoms with Gasteiger partial charge < -0.3 is 19.5 Å². The summed E-state index contributed by atoms with van der Waals surface area (Å²) in [5.41, 5.74) is 2.00. The molecule has 2 aromatic rings. The summed E-state index contributed by atoms with van der Waals surface area (Å²) in [5.74, 6) is 0. The zero-order valence-electron chi connectivity index (χ0n) is 8.78. The largest absolute Gasteiger partial charge is 0.374 e. The van der Waals surface area contributed by atoms with Gasteiger partial charge in [0.25, 0.3) is 0 Å². The van der Waals surface area contributed by atoms with Crippen LogP contribution in [0.1, 0.15) is 0 Å². The molecule has 0 bridgehead atoms. The molecule has 0 saturated heterocycles. The lowest BCUT2D eigenvalue weighted by atomic mass is 10.3. The van der Waals surface area contributed by atoms with E-state index in [9.17, 15) is 0 Å². The highest BCUT2D eigenvalue weighted by molar-refractivity contribution is 5.74. The fraction of sp³-hybridized carbons (Fsp3) is 0.364. The minimum Gasteiger partial charge on any atom is -0.374 e. The van der Waals surface area contributed by atoms with E-state index in [4.69, 9.17) is 14.9 Å². The first-order valence-corrected chi connectivity index (χ1v) is 5.11. The van der Waals surface area contributed by atoms with E-state index < -0.39 is 6.29 Å². The lowest BCUT2D eigenvalue weighted by Crippen LogP contribution is -2.16. The standard InChI is InChI=1S/C11H14N2O3/c14-11(15)7-16-6-5-13-8-12-9-3-1-2-4-10(9)13/h1-4,8,11,14-15H,5-7H2. The first kappa shape index (κ1) is 11.1. The maximum Gasteiger partial charge on any atom is 0.175 e. The van der Waals surface area contributed by atoms with Gasteiger partial charge in [-0.2, -0.15) is 0 Å². The molecule has 0 amide bonds. The average Bonchev–Trinajstić information content (AvgIpc) is 2.68. The Morgan fingerprint density at radius 3 is 2.94 bits per heavy atom. The summed E-state index contributed by atoms with van der Waals surface area (Å²) in [6.07, 6.45) is 0.350. The highest BCUT2D eigenvalue weighted by Gasteiger charge is 2.01. The molecule has 1 aromatic heterocycles. The quantitative estimate of drug-likeness (QED) is 0.566. The Balaban J connectivity index is 1.94. The molecule has 0 unspecified atom stereocenters. The minimum absolute atomic E-state index is 0.0629. The summed E-state index contributed by atoms with van der Waals surface area (Å²) in [4.78, 5) is 4.24. The van der Waals surface area contributed by atoms with Gasteiger partial charge >= 0.3 is 0 Å². The van der Waals surface area contributed by atoms with Gasteiger partial charge in [-0.05, 0) is 12.1 Å². The summed E-state index contributed by atoms with van der Waals surface area (Å²) in [6, 6.07) is 7.84. The molecule has 2 rings (SSSR count). The summed E-state index contributed by atoms with van der Waals surface area (Å²) in [6.45, 7) is 1.01. The van der Waals surface area contributed by atoms with Crippen LogP contribution in [0.5, 0.6) is 0 Å². The van der Waals surface area contributed by atoms with E-state index in [1.165, 1.54) is 0 Å². The fourth-order valence-electron chi connectivity index (χ4n) is 1.54. The van der Waals surface area contributed by atoms with Gasteiger partial charge in [0.1, 0.15) is 0 Å². The van der Waals surface area contributed by atoms with Crippen LogP contribution in [0.25, 0.3) is 11.0 Å². The maximum atomic E-state index is 8.59. The van der Waals surface area contributed by atoms with Crippen molar-refractivity contribution >= 4 is 11.0 Å². The molecule has 0 saturated carbocycles. The van der Waals surface area contributed by atoms with Crippen molar-refractivity contribution in [3.63, 3.8) is 0 Å². The van der Waals surface area contributed by atoms with E-state index in [1.54, 1.807) is 6.33 Å². The van der Waals surface area contributed by atoms with Crippen LogP contribution in [0.2, 0.25) is 0 Å². The number of benzene rings is 1. The van der Waals surface area contributed by atoms with Gasteiger partial charge in [-0.15, -0.1) is 0 Å². The molecule has 0 atom stereocenters. The molecule has 0 aliphatic carbocycles. The van der Waals surface area contributed by atoms with Crippen LogP contribution in [0.4, 0.5) is 0 Å². The molecule has 0 aliphatic heterocycles. The molecule has 5 nitrogen and oxygen atoms in total. The van der Waals surface area contributed by atoms with Crippen LogP contribution in [0.15, 0.2) is 30.6 Å². The number of para-hydroxylation sites is 2. The number of aliphatic hydroxyl groups excluding tert-OH is 1. The summed E-state index contributed by atoms with van der Waals surface area (Å²) in [5, 5.41) is 17.2. The van der Waals surface area contributed by atoms with Gasteiger partial charge in [-0.1, -0.05) is 12.1 Å². The third kappa shape index (κ3) is 2.57. The van der Waals surface area contributed by atoms with Crippen molar-refractivity contribution in [1.29, 1.82) is 0 Å². The molecular formula is C11H14N2O3. The third-order valence-corrected chi connectivity index (χ3v) is 2.27. The lowest BCUT2D eigenvalue weighted by molar-refractivity contribution is -0.0953. The Hall–Kier alpha value is -1.43. The Morgan fingerprint density at radius 1 is 1.31 bits per heavy atom. The Kier molecular flexibility index (Phi) is 3.51. The normalized spacial score (nSPS) is 11.4. The second-order valence-electron chi connectivity index (χ2n) is 3.48. The van der Waals surface area contributed by atoms with Crippen LogP contribution in [0, 0.1) is 0 Å². The molecular weight excluding hydrogens is 208 g/mol. The Bertz CT molecular complexity index is 453. The van der Waals surface area contributed by atoms with Crippen molar-refractivity contribution in [3.8, 4) is 0 Å². The molecule has 0 radical (unpaired) electrons. The zero-order valence-corrected chi connectivity index (χ0v) is 8.78. The molecule has 86 valence electrons. The molecule has 16 heavy (non-hydrogen) atoms. The number of fused-ring (bicyclic) bond motifs is 1. The van der Waals surface area contributed by atoms with E-state index in [0.29, 0.717) is 13.2 Å². The topological polar surface area (TPSA) is 67.5 Å². The lowest BCUT2D eigenvalue weighted by Gasteiger charge is -2.06. The van der Waals surface area contributed by atoms with E-state index >= 15 is 0 Å². The number of hydrogen-bond acceptors (Lipinski definition) is 4. The molecule has 5 heteroatoms. The molecule has 1 heterocycles. The molecule has 0 spiro atoms. The molecule has 0 aliphatic rings. The average molecular weight is 222 g/mol. The van der Waals surface area contributed by atoms with E-state index in [2.05, 4.69) is 4.98 Å². The van der Waals surface area contributed by atoms with Crippen molar-refractivity contribution in [2.24, 2.45) is 0 Å². The van der Waals surface area contributed by atoms with Crippen molar-refractivity contribution in [2.45, 2.75) is 12.8 Å². The van der Waals surface area contributed by atoms with Crippen LogP contribution in [-0.4, -0.2) is 39.3 Å². The number of hydrogen-bond donors (Lipinski definition) is 2. The predicted octanol–water partition coefficient (Wildman–Crippen LogP) is 0.364. The van der Waals surface area contributed by atoms with E-state index in [-0.39, 0.29) is 6.61 Å². The molecule has 0 fully saturated rings. The van der Waals surface area contributed by atoms with E-state index in [1.807, 2.05) is 28.8 Å². The molecule has 2 N–H and O–H groups in total. The van der Waals surface area contributed by atoms with Crippen molar-refractivity contribution in [2.75, 3.05) is 13.2 Å². The van der Waals surface area contributed by atoms with Crippen LogP contribution < -0.4 is 0 Å². The zero-order chi connectivity index (χ0) is 11.4. The fourth-order valence-corrected chi connectivity index (χ4v) is 1.54. The van der Waals surface area contributed by atoms with Crippen LogP contribution in [-0.2, 0) is 11.3 Å². The van der Waals surface area contributed by atoms with Gasteiger partial charge in [0, 0.05) is 6.54 Å². The first-order valence-electron chi connectivity index (χ1n) is 5.11. The number of aromatic nitrogens is 2. The highest BCUT2D eigenvalue weighted by atomic mass is 16.5. The Labute approximate surface area is 92.9 Å². The number of ether oxygens (including phenoxy) is 1. The Morgan fingerprint density at radius 2 is 2.12 bits per heavy atom. The first-order chi connectivity index (χ1) is 7.77. The second kappa shape index (κ2) is 5.07. The summed E-state index contributed by atoms with van der Waals surface area (Å²) in [7, 11) is 0. The second-order valence-corrected chi connectivity index (χ2v) is 3.48. The number of imidazole rings is 1. The van der Waals surface area contributed by atoms with Crippen molar-refractivity contribution < 1.29 is 14.9 Å². The minimum atomic E-state index is -1.40. The smallest absolute Gasteiger partial charge is 0.175 e. The van der Waals surface area contributed by atoms with Crippen molar-refractivity contribution in [1.82, 2.24) is 9.55 Å². The van der Waals surface area contributed by atoms with Gasteiger partial charge in [-0.3, -0.25) is 0 Å². The monoisotopic (exact) mass is 222 g/mol. The maximum absolute atomic E-state index is 8.59. The van der Waals surface area contributed by atoms with Gasteiger partial charge in [0.05, 0.1) is 30.6 Å². The van der Waals surface area contributed by atoms with Crippen LogP contribution in [0.3, 0.4) is 0 Å².